The lowest BCUT2D eigenvalue weighted by atomic mass is 10.0. The number of hydrogen-bond donors (Lipinski definition) is 2. The van der Waals surface area contributed by atoms with Crippen molar-refractivity contribution >= 4 is 11.7 Å². The number of carbonyl (C=O) groups is 2. The predicted molar refractivity (Wildman–Crippen MR) is 127 cm³/mol. The Morgan fingerprint density at radius 3 is 2.38 bits per heavy atom. The number of likely N-dealkylation sites (tertiary alicyclic amines) is 1. The van der Waals surface area contributed by atoms with Gasteiger partial charge in [0.15, 0.2) is 17.3 Å². The van der Waals surface area contributed by atoms with Crippen molar-refractivity contribution in [3.05, 3.63) is 59.4 Å². The molecule has 0 bridgehead atoms. The number of nitrogens with zero attached hydrogens (tertiary/aromatic N) is 1. The minimum Gasteiger partial charge on any atom is -0.497 e. The number of hydrogen-bond acceptors (Lipinski definition) is 6. The van der Waals surface area contributed by atoms with Crippen LogP contribution in [0.25, 0.3) is 0 Å². The molecule has 0 unspecified atom stereocenters. The molecular weight excluding hydrogens is 439 g/mol. The van der Waals surface area contributed by atoms with Gasteiger partial charge in [-0.25, -0.2) is 4.39 Å². The van der Waals surface area contributed by atoms with Crippen LogP contribution in [0.15, 0.2) is 42.5 Å². The van der Waals surface area contributed by atoms with Gasteiger partial charge >= 0.3 is 0 Å². The number of Topliss-reactive ketones (excluding diaryl/α,β-unsaturated/α-hetero) is 1. The van der Waals surface area contributed by atoms with E-state index in [0.717, 1.165) is 25.9 Å². The third kappa shape index (κ3) is 7.01. The summed E-state index contributed by atoms with van der Waals surface area (Å²) in [5.41, 5.74) is 0.947. The molecule has 1 fully saturated rings. The summed E-state index contributed by atoms with van der Waals surface area (Å²) in [6.07, 6.45) is 1.85. The third-order valence-electron chi connectivity index (χ3n) is 6.12. The summed E-state index contributed by atoms with van der Waals surface area (Å²) in [6, 6.07) is 10.6. The number of rotatable bonds is 12. The number of ether oxygens (including phenoxy) is 2. The molecule has 3 rings (SSSR count). The molecule has 2 atom stereocenters. The maximum Gasteiger partial charge on any atom is 0.220 e. The molecule has 0 saturated carbocycles. The number of ketones is 1. The van der Waals surface area contributed by atoms with Gasteiger partial charge in [0.05, 0.1) is 20.3 Å². The Morgan fingerprint density at radius 2 is 1.76 bits per heavy atom. The quantitative estimate of drug-likeness (QED) is 0.460. The first-order chi connectivity index (χ1) is 16.4. The first kappa shape index (κ1) is 25.6. The molecule has 1 heterocycles. The average molecular weight is 473 g/mol. The van der Waals surface area contributed by atoms with Crippen LogP contribution in [0.2, 0.25) is 0 Å². The van der Waals surface area contributed by atoms with Crippen LogP contribution in [0.3, 0.4) is 0 Å². The smallest absolute Gasteiger partial charge is 0.220 e. The minimum atomic E-state index is -1.08. The summed E-state index contributed by atoms with van der Waals surface area (Å²) in [7, 11) is 2.94. The van der Waals surface area contributed by atoms with Crippen molar-refractivity contribution in [2.45, 2.75) is 44.2 Å². The molecule has 2 aromatic carbocycles. The van der Waals surface area contributed by atoms with E-state index < -0.39 is 18.0 Å². The number of aliphatic hydroxyl groups excluding tert-OH is 1. The SMILES string of the molecule is COc1ccc(C(=O)CCCC(=O)N[C@H](CN2CCCC2)[C@H](O)c2ccc(OC)c(F)c2)cc1. The van der Waals surface area contributed by atoms with E-state index in [9.17, 15) is 19.1 Å². The second kappa shape index (κ2) is 12.5. The van der Waals surface area contributed by atoms with Gasteiger partial charge in [-0.3, -0.25) is 9.59 Å². The second-order valence-electron chi connectivity index (χ2n) is 8.53. The first-order valence-corrected chi connectivity index (χ1v) is 11.6. The Labute approximate surface area is 199 Å². The highest BCUT2D eigenvalue weighted by molar-refractivity contribution is 5.96. The van der Waals surface area contributed by atoms with E-state index in [4.69, 9.17) is 9.47 Å². The highest BCUT2D eigenvalue weighted by Crippen LogP contribution is 2.25. The second-order valence-corrected chi connectivity index (χ2v) is 8.53. The largest absolute Gasteiger partial charge is 0.497 e. The maximum atomic E-state index is 14.2. The van der Waals surface area contributed by atoms with E-state index in [-0.39, 0.29) is 30.3 Å². The molecule has 34 heavy (non-hydrogen) atoms. The lowest BCUT2D eigenvalue weighted by Crippen LogP contribution is -2.46. The molecule has 7 nitrogen and oxygen atoms in total. The molecule has 0 spiro atoms. The predicted octanol–water partition coefficient (Wildman–Crippen LogP) is 3.51. The van der Waals surface area contributed by atoms with Gasteiger partial charge in [0.2, 0.25) is 5.91 Å². The number of amides is 1. The van der Waals surface area contributed by atoms with E-state index in [0.29, 0.717) is 29.8 Å². The number of methoxy groups -OCH3 is 2. The summed E-state index contributed by atoms with van der Waals surface area (Å²) >= 11 is 0. The van der Waals surface area contributed by atoms with Crippen LogP contribution >= 0.6 is 0 Å². The topological polar surface area (TPSA) is 88.1 Å². The summed E-state index contributed by atoms with van der Waals surface area (Å²) < 4.78 is 24.2. The maximum absolute atomic E-state index is 14.2. The highest BCUT2D eigenvalue weighted by Gasteiger charge is 2.27. The highest BCUT2D eigenvalue weighted by atomic mass is 19.1. The van der Waals surface area contributed by atoms with E-state index in [1.807, 2.05) is 0 Å². The van der Waals surface area contributed by atoms with Crippen LogP contribution < -0.4 is 14.8 Å². The van der Waals surface area contributed by atoms with Gasteiger partial charge in [-0.15, -0.1) is 0 Å². The fourth-order valence-electron chi connectivity index (χ4n) is 4.18. The summed E-state index contributed by atoms with van der Waals surface area (Å²) in [5.74, 6) is -0.0900. The van der Waals surface area contributed by atoms with Crippen molar-refractivity contribution in [2.24, 2.45) is 0 Å². The number of aliphatic hydroxyl groups is 1. The molecule has 8 heteroatoms. The number of nitrogens with one attached hydrogen (secondary N) is 1. The van der Waals surface area contributed by atoms with Crippen molar-refractivity contribution < 1.29 is 28.6 Å². The van der Waals surface area contributed by atoms with E-state index in [2.05, 4.69) is 10.2 Å². The minimum absolute atomic E-state index is 0.0437. The van der Waals surface area contributed by atoms with E-state index in [1.165, 1.54) is 19.2 Å². The molecule has 1 aliphatic rings. The lowest BCUT2D eigenvalue weighted by molar-refractivity contribution is -0.123. The lowest BCUT2D eigenvalue weighted by Gasteiger charge is -2.29. The van der Waals surface area contributed by atoms with Crippen molar-refractivity contribution in [2.75, 3.05) is 33.9 Å². The molecule has 184 valence electrons. The van der Waals surface area contributed by atoms with Crippen molar-refractivity contribution in [1.29, 1.82) is 0 Å². The Kier molecular flexibility index (Phi) is 9.42. The molecule has 0 radical (unpaired) electrons. The Balaban J connectivity index is 1.58. The Hall–Kier alpha value is -2.97. The molecule has 1 amide bonds. The molecule has 2 N–H and O–H groups in total. The van der Waals surface area contributed by atoms with Gasteiger partial charge in [-0.1, -0.05) is 6.07 Å². The van der Waals surface area contributed by atoms with Crippen LogP contribution in [-0.2, 0) is 4.79 Å². The van der Waals surface area contributed by atoms with Crippen LogP contribution in [-0.4, -0.2) is 61.6 Å². The van der Waals surface area contributed by atoms with Gasteiger partial charge in [0.25, 0.3) is 0 Å². The van der Waals surface area contributed by atoms with Gasteiger partial charge in [0.1, 0.15) is 11.9 Å². The molecule has 1 aliphatic heterocycles. The monoisotopic (exact) mass is 472 g/mol. The number of carbonyl (C=O) groups excluding carboxylic acids is 2. The zero-order valence-electron chi connectivity index (χ0n) is 19.8. The van der Waals surface area contributed by atoms with Gasteiger partial charge < -0.3 is 24.8 Å². The van der Waals surface area contributed by atoms with Crippen LogP contribution in [0.5, 0.6) is 11.5 Å². The first-order valence-electron chi connectivity index (χ1n) is 11.6. The van der Waals surface area contributed by atoms with Gasteiger partial charge in [-0.05, 0) is 74.3 Å². The van der Waals surface area contributed by atoms with Crippen LogP contribution in [0.4, 0.5) is 4.39 Å². The normalized spacial score (nSPS) is 15.5. The Morgan fingerprint density at radius 1 is 1.06 bits per heavy atom. The average Bonchev–Trinajstić information content (AvgIpc) is 3.36. The number of benzene rings is 2. The van der Waals surface area contributed by atoms with Crippen molar-refractivity contribution in [1.82, 2.24) is 10.2 Å². The molecule has 1 saturated heterocycles. The zero-order valence-corrected chi connectivity index (χ0v) is 19.8. The summed E-state index contributed by atoms with van der Waals surface area (Å²) in [5, 5.41) is 13.9. The molecular formula is C26H33FN2O5. The molecule has 2 aromatic rings. The number of halogens is 1. The van der Waals surface area contributed by atoms with Crippen LogP contribution in [0.1, 0.15) is 54.1 Å². The van der Waals surface area contributed by atoms with Gasteiger partial charge in [-0.2, -0.15) is 0 Å². The zero-order chi connectivity index (χ0) is 24.5. The third-order valence-corrected chi connectivity index (χ3v) is 6.12. The van der Waals surface area contributed by atoms with Crippen LogP contribution in [0, 0.1) is 5.82 Å². The van der Waals surface area contributed by atoms with Crippen molar-refractivity contribution in [3.8, 4) is 11.5 Å². The molecule has 0 aromatic heterocycles. The summed E-state index contributed by atoms with van der Waals surface area (Å²) in [6.45, 7) is 2.25. The molecule has 0 aliphatic carbocycles. The standard InChI is InChI=1S/C26H33FN2O5/c1-33-20-11-8-18(9-12-20)23(30)6-5-7-25(31)28-22(17-29-14-3-4-15-29)26(32)19-10-13-24(34-2)21(27)16-19/h8-13,16,22,26,32H,3-7,14-15,17H2,1-2H3,(H,28,31)/t22-,26-/m1/s1. The van der Waals surface area contributed by atoms with Gasteiger partial charge in [0, 0.05) is 24.9 Å². The van der Waals surface area contributed by atoms with E-state index >= 15 is 0 Å². The van der Waals surface area contributed by atoms with Crippen molar-refractivity contribution in [3.63, 3.8) is 0 Å². The fraction of sp³-hybridized carbons (Fsp3) is 0.462. The van der Waals surface area contributed by atoms with E-state index in [1.54, 1.807) is 37.4 Å². The Bertz CT molecular complexity index is 960. The fourth-order valence-corrected chi connectivity index (χ4v) is 4.18. The summed E-state index contributed by atoms with van der Waals surface area (Å²) in [4.78, 5) is 27.2.